The van der Waals surface area contributed by atoms with Crippen LogP contribution >= 0.6 is 0 Å². The Morgan fingerprint density at radius 1 is 1.26 bits per heavy atom. The molecule has 0 radical (unpaired) electrons. The molecule has 0 atom stereocenters. The van der Waals surface area contributed by atoms with E-state index in [1.807, 2.05) is 0 Å². The van der Waals surface area contributed by atoms with Crippen LogP contribution in [0.15, 0.2) is 53.6 Å². The zero-order chi connectivity index (χ0) is 16.4. The van der Waals surface area contributed by atoms with Gasteiger partial charge in [0.1, 0.15) is 12.4 Å². The highest BCUT2D eigenvalue weighted by atomic mass is 19.1. The Bertz CT molecular complexity index is 950. The van der Waals surface area contributed by atoms with Crippen LogP contribution in [0.2, 0.25) is 0 Å². The van der Waals surface area contributed by atoms with Gasteiger partial charge < -0.3 is 5.32 Å². The summed E-state index contributed by atoms with van der Waals surface area (Å²) in [6, 6.07) is 11.3. The number of nitrogens with zero attached hydrogens (tertiary/aromatic N) is 2. The van der Waals surface area contributed by atoms with Crippen LogP contribution in [0.4, 0.5) is 10.1 Å². The van der Waals surface area contributed by atoms with Gasteiger partial charge in [0.15, 0.2) is 0 Å². The molecule has 0 aliphatic heterocycles. The van der Waals surface area contributed by atoms with Crippen molar-refractivity contribution >= 4 is 22.5 Å². The number of nitrogens with one attached hydrogen (secondary N) is 1. The van der Waals surface area contributed by atoms with E-state index < -0.39 is 11.7 Å². The second-order valence-corrected chi connectivity index (χ2v) is 5.23. The molecule has 0 saturated carbocycles. The first-order valence-corrected chi connectivity index (χ1v) is 7.05. The van der Waals surface area contributed by atoms with Crippen LogP contribution in [-0.2, 0) is 11.3 Å². The van der Waals surface area contributed by atoms with Gasteiger partial charge in [0, 0.05) is 0 Å². The predicted octanol–water partition coefficient (Wildman–Crippen LogP) is 2.48. The van der Waals surface area contributed by atoms with Crippen molar-refractivity contribution in [3.05, 3.63) is 70.5 Å². The van der Waals surface area contributed by atoms with Crippen LogP contribution < -0.4 is 10.9 Å². The Kier molecular flexibility index (Phi) is 3.89. The van der Waals surface area contributed by atoms with Crippen molar-refractivity contribution in [2.24, 2.45) is 0 Å². The third kappa shape index (κ3) is 3.11. The van der Waals surface area contributed by atoms with Crippen molar-refractivity contribution in [3.8, 4) is 0 Å². The molecule has 0 bridgehead atoms. The Morgan fingerprint density at radius 2 is 2.04 bits per heavy atom. The molecule has 0 spiro atoms. The molecular weight excluding hydrogens is 297 g/mol. The molecule has 23 heavy (non-hydrogen) atoms. The van der Waals surface area contributed by atoms with Gasteiger partial charge in [-0.15, -0.1) is 0 Å². The maximum absolute atomic E-state index is 13.7. The van der Waals surface area contributed by atoms with Crippen molar-refractivity contribution in [3.63, 3.8) is 0 Å². The van der Waals surface area contributed by atoms with Crippen LogP contribution in [0.5, 0.6) is 0 Å². The number of rotatable bonds is 3. The molecule has 1 aromatic heterocycles. The smallest absolute Gasteiger partial charge is 0.261 e. The van der Waals surface area contributed by atoms with Gasteiger partial charge in [-0.25, -0.2) is 9.37 Å². The second kappa shape index (κ2) is 6.00. The maximum atomic E-state index is 13.7. The SMILES string of the molecule is Cc1ccc(F)c(NC(=O)Cn2cnc3ccccc3c2=O)c1. The number of fused-ring (bicyclic) bond motifs is 1. The molecule has 0 aliphatic carbocycles. The minimum Gasteiger partial charge on any atom is -0.322 e. The molecule has 0 saturated heterocycles. The van der Waals surface area contributed by atoms with Crippen molar-refractivity contribution in [1.82, 2.24) is 9.55 Å². The number of aromatic nitrogens is 2. The molecule has 2 aromatic carbocycles. The zero-order valence-electron chi connectivity index (χ0n) is 12.4. The highest BCUT2D eigenvalue weighted by Gasteiger charge is 2.10. The van der Waals surface area contributed by atoms with Crippen LogP contribution in [0.3, 0.4) is 0 Å². The molecule has 116 valence electrons. The lowest BCUT2D eigenvalue weighted by Gasteiger charge is -2.09. The number of carbonyl (C=O) groups is 1. The normalized spacial score (nSPS) is 10.7. The number of amides is 1. The molecule has 0 unspecified atom stereocenters. The van der Waals surface area contributed by atoms with E-state index in [1.54, 1.807) is 37.3 Å². The van der Waals surface area contributed by atoms with Gasteiger partial charge in [0.2, 0.25) is 5.91 Å². The van der Waals surface area contributed by atoms with E-state index in [0.29, 0.717) is 10.9 Å². The molecule has 1 N–H and O–H groups in total. The summed E-state index contributed by atoms with van der Waals surface area (Å²) < 4.78 is 14.9. The molecule has 1 amide bonds. The summed E-state index contributed by atoms with van der Waals surface area (Å²) in [6.07, 6.45) is 1.32. The van der Waals surface area contributed by atoms with E-state index in [-0.39, 0.29) is 17.8 Å². The minimum absolute atomic E-state index is 0.0943. The number of aryl methyl sites for hydroxylation is 1. The van der Waals surface area contributed by atoms with E-state index in [2.05, 4.69) is 10.3 Å². The maximum Gasteiger partial charge on any atom is 0.261 e. The van der Waals surface area contributed by atoms with Crippen molar-refractivity contribution in [2.45, 2.75) is 13.5 Å². The fraction of sp³-hybridized carbons (Fsp3) is 0.118. The zero-order valence-corrected chi connectivity index (χ0v) is 12.4. The summed E-state index contributed by atoms with van der Waals surface area (Å²) >= 11 is 0. The Balaban J connectivity index is 1.84. The summed E-state index contributed by atoms with van der Waals surface area (Å²) in [7, 11) is 0. The van der Waals surface area contributed by atoms with Crippen LogP contribution in [-0.4, -0.2) is 15.5 Å². The number of para-hydroxylation sites is 1. The number of carbonyl (C=O) groups excluding carboxylic acids is 1. The van der Waals surface area contributed by atoms with Gasteiger partial charge in [0.25, 0.3) is 5.56 Å². The quantitative estimate of drug-likeness (QED) is 0.808. The lowest BCUT2D eigenvalue weighted by molar-refractivity contribution is -0.116. The van der Waals surface area contributed by atoms with Crippen LogP contribution in [0, 0.1) is 12.7 Å². The van der Waals surface area contributed by atoms with E-state index >= 15 is 0 Å². The molecule has 0 aliphatic rings. The number of halogens is 1. The Hall–Kier alpha value is -3.02. The molecule has 1 heterocycles. The highest BCUT2D eigenvalue weighted by Crippen LogP contribution is 2.15. The Morgan fingerprint density at radius 3 is 2.87 bits per heavy atom. The molecule has 6 heteroatoms. The summed E-state index contributed by atoms with van der Waals surface area (Å²) in [5.41, 5.74) is 1.18. The monoisotopic (exact) mass is 311 g/mol. The predicted molar refractivity (Wildman–Crippen MR) is 85.8 cm³/mol. The fourth-order valence-corrected chi connectivity index (χ4v) is 2.30. The summed E-state index contributed by atoms with van der Waals surface area (Å²) in [4.78, 5) is 28.5. The minimum atomic E-state index is -0.520. The van der Waals surface area contributed by atoms with Gasteiger partial charge in [-0.2, -0.15) is 0 Å². The number of hydrogen-bond donors (Lipinski definition) is 1. The summed E-state index contributed by atoms with van der Waals surface area (Å²) in [6.45, 7) is 1.57. The largest absolute Gasteiger partial charge is 0.322 e. The summed E-state index contributed by atoms with van der Waals surface area (Å²) in [5, 5.41) is 2.91. The van der Waals surface area contributed by atoms with Crippen molar-refractivity contribution in [1.29, 1.82) is 0 Å². The van der Waals surface area contributed by atoms with Crippen molar-refractivity contribution < 1.29 is 9.18 Å². The molecule has 3 aromatic rings. The van der Waals surface area contributed by atoms with E-state index in [0.717, 1.165) is 5.56 Å². The van der Waals surface area contributed by atoms with Gasteiger partial charge in [-0.3, -0.25) is 14.2 Å². The van der Waals surface area contributed by atoms with E-state index in [4.69, 9.17) is 0 Å². The summed E-state index contributed by atoms with van der Waals surface area (Å²) in [5.74, 6) is -1.01. The highest BCUT2D eigenvalue weighted by molar-refractivity contribution is 5.91. The topological polar surface area (TPSA) is 64.0 Å². The van der Waals surface area contributed by atoms with Gasteiger partial charge in [-0.1, -0.05) is 18.2 Å². The second-order valence-electron chi connectivity index (χ2n) is 5.23. The van der Waals surface area contributed by atoms with Crippen LogP contribution in [0.25, 0.3) is 10.9 Å². The first kappa shape index (κ1) is 14.9. The van der Waals surface area contributed by atoms with Gasteiger partial charge in [-0.05, 0) is 36.8 Å². The van der Waals surface area contributed by atoms with E-state index in [9.17, 15) is 14.0 Å². The third-order valence-corrected chi connectivity index (χ3v) is 3.44. The standard InChI is InChI=1S/C17H14FN3O2/c1-11-6-7-13(18)15(8-11)20-16(22)9-21-10-19-14-5-3-2-4-12(14)17(21)23/h2-8,10H,9H2,1H3,(H,20,22). The lowest BCUT2D eigenvalue weighted by atomic mass is 10.2. The number of anilines is 1. The van der Waals surface area contributed by atoms with Gasteiger partial charge in [0.05, 0.1) is 22.9 Å². The Labute approximate surface area is 131 Å². The lowest BCUT2D eigenvalue weighted by Crippen LogP contribution is -2.28. The average Bonchev–Trinajstić information content (AvgIpc) is 2.54. The molecule has 3 rings (SSSR count). The number of benzene rings is 2. The number of hydrogen-bond acceptors (Lipinski definition) is 3. The third-order valence-electron chi connectivity index (χ3n) is 3.44. The van der Waals surface area contributed by atoms with Crippen molar-refractivity contribution in [2.75, 3.05) is 5.32 Å². The van der Waals surface area contributed by atoms with Gasteiger partial charge >= 0.3 is 0 Å². The van der Waals surface area contributed by atoms with E-state index in [1.165, 1.54) is 23.0 Å². The first-order chi connectivity index (χ1) is 11.0. The average molecular weight is 311 g/mol. The molecular formula is C17H14FN3O2. The molecule has 0 fully saturated rings. The first-order valence-electron chi connectivity index (χ1n) is 7.05. The fourth-order valence-electron chi connectivity index (χ4n) is 2.30. The molecule has 5 nitrogen and oxygen atoms in total. The van der Waals surface area contributed by atoms with Crippen LogP contribution in [0.1, 0.15) is 5.56 Å².